The highest BCUT2D eigenvalue weighted by Crippen LogP contribution is 2.26. The Bertz CT molecular complexity index is 863. The van der Waals surface area contributed by atoms with Crippen molar-refractivity contribution in [2.75, 3.05) is 19.0 Å². The van der Waals surface area contributed by atoms with E-state index in [9.17, 15) is 4.79 Å². The number of nitrogens with one attached hydrogen (secondary N) is 1. The minimum Gasteiger partial charge on any atom is -0.463 e. The maximum Gasteiger partial charge on any atom is 0.373 e. The van der Waals surface area contributed by atoms with Gasteiger partial charge in [0.1, 0.15) is 11.6 Å². The van der Waals surface area contributed by atoms with Gasteiger partial charge in [-0.05, 0) is 31.2 Å². The van der Waals surface area contributed by atoms with E-state index in [2.05, 4.69) is 20.0 Å². The fourth-order valence-corrected chi connectivity index (χ4v) is 2.97. The third-order valence-electron chi connectivity index (χ3n) is 3.32. The Labute approximate surface area is 143 Å². The van der Waals surface area contributed by atoms with Crippen LogP contribution in [0.3, 0.4) is 0 Å². The van der Waals surface area contributed by atoms with Crippen LogP contribution in [0.1, 0.15) is 23.2 Å². The molecule has 0 aliphatic rings. The number of thioether (sulfide) groups is 1. The number of furan rings is 1. The van der Waals surface area contributed by atoms with Gasteiger partial charge in [-0.1, -0.05) is 23.9 Å². The molecule has 3 rings (SSSR count). The molecule has 3 aromatic rings. The lowest BCUT2D eigenvalue weighted by molar-refractivity contribution is 0.0563. The zero-order chi connectivity index (χ0) is 16.9. The highest BCUT2D eigenvalue weighted by molar-refractivity contribution is 7.98. The predicted molar refractivity (Wildman–Crippen MR) is 93.3 cm³/mol. The monoisotopic (exact) mass is 343 g/mol. The summed E-state index contributed by atoms with van der Waals surface area (Å²) in [5, 5.41) is 4.92. The van der Waals surface area contributed by atoms with Crippen LogP contribution in [0.5, 0.6) is 0 Å². The molecule has 0 radical (unpaired) electrons. The van der Waals surface area contributed by atoms with Gasteiger partial charge in [-0.2, -0.15) is 0 Å². The molecule has 0 saturated carbocycles. The summed E-state index contributed by atoms with van der Waals surface area (Å²) >= 11 is 1.45. The molecule has 2 heterocycles. The Morgan fingerprint density at radius 2 is 2.08 bits per heavy atom. The van der Waals surface area contributed by atoms with Crippen molar-refractivity contribution in [3.63, 3.8) is 0 Å². The first-order valence-electron chi connectivity index (χ1n) is 7.51. The third-order valence-corrected chi connectivity index (χ3v) is 4.19. The topological polar surface area (TPSA) is 77.2 Å². The van der Waals surface area contributed by atoms with Crippen molar-refractivity contribution in [1.82, 2.24) is 9.97 Å². The first-order chi connectivity index (χ1) is 11.7. The van der Waals surface area contributed by atoms with Crippen LogP contribution in [0.15, 0.2) is 46.0 Å². The molecular weight excluding hydrogens is 326 g/mol. The van der Waals surface area contributed by atoms with E-state index in [1.54, 1.807) is 12.1 Å². The number of carbonyl (C=O) groups is 1. The number of anilines is 1. The lowest BCUT2D eigenvalue weighted by Crippen LogP contribution is -2.02. The summed E-state index contributed by atoms with van der Waals surface area (Å²) in [6.07, 6.45) is 0. The van der Waals surface area contributed by atoms with Crippen LogP contribution >= 0.6 is 11.8 Å². The van der Waals surface area contributed by atoms with Gasteiger partial charge in [0.15, 0.2) is 5.16 Å². The SMILES string of the molecule is CCNc1nc(SCc2ccc(C(=O)OC)o2)nc2ccccc12. The summed E-state index contributed by atoms with van der Waals surface area (Å²) in [5.74, 6) is 1.73. The highest BCUT2D eigenvalue weighted by Gasteiger charge is 2.12. The molecule has 0 fully saturated rings. The maximum atomic E-state index is 11.4. The molecule has 7 heteroatoms. The molecule has 1 aromatic carbocycles. The van der Waals surface area contributed by atoms with Gasteiger partial charge >= 0.3 is 5.97 Å². The lowest BCUT2D eigenvalue weighted by Gasteiger charge is -2.08. The number of hydrogen-bond acceptors (Lipinski definition) is 7. The average Bonchev–Trinajstić information content (AvgIpc) is 3.08. The van der Waals surface area contributed by atoms with E-state index in [4.69, 9.17) is 4.42 Å². The smallest absolute Gasteiger partial charge is 0.373 e. The van der Waals surface area contributed by atoms with Crippen LogP contribution < -0.4 is 5.32 Å². The number of fused-ring (bicyclic) bond motifs is 1. The molecule has 24 heavy (non-hydrogen) atoms. The number of nitrogens with zero attached hydrogens (tertiary/aromatic N) is 2. The van der Waals surface area contributed by atoms with Crippen LogP contribution in [-0.2, 0) is 10.5 Å². The first-order valence-corrected chi connectivity index (χ1v) is 8.50. The lowest BCUT2D eigenvalue weighted by atomic mass is 10.2. The largest absolute Gasteiger partial charge is 0.463 e. The van der Waals surface area contributed by atoms with E-state index in [1.165, 1.54) is 18.9 Å². The molecule has 0 spiro atoms. The van der Waals surface area contributed by atoms with Crippen molar-refractivity contribution in [2.45, 2.75) is 17.8 Å². The van der Waals surface area contributed by atoms with Crippen molar-refractivity contribution in [3.8, 4) is 0 Å². The summed E-state index contributed by atoms with van der Waals surface area (Å²) in [6, 6.07) is 11.2. The molecule has 0 aliphatic carbocycles. The van der Waals surface area contributed by atoms with Crippen LogP contribution in [0, 0.1) is 0 Å². The van der Waals surface area contributed by atoms with Gasteiger partial charge in [0, 0.05) is 11.9 Å². The molecule has 0 amide bonds. The van der Waals surface area contributed by atoms with E-state index in [0.29, 0.717) is 16.7 Å². The Balaban J connectivity index is 1.79. The third kappa shape index (κ3) is 3.51. The van der Waals surface area contributed by atoms with Crippen molar-refractivity contribution < 1.29 is 13.9 Å². The van der Waals surface area contributed by atoms with Crippen molar-refractivity contribution in [3.05, 3.63) is 47.9 Å². The Morgan fingerprint density at radius 1 is 1.25 bits per heavy atom. The predicted octanol–water partition coefficient (Wildman–Crippen LogP) is 3.73. The Kier molecular flexibility index (Phi) is 5.00. The fourth-order valence-electron chi connectivity index (χ4n) is 2.22. The van der Waals surface area contributed by atoms with Gasteiger partial charge in [-0.15, -0.1) is 0 Å². The summed E-state index contributed by atoms with van der Waals surface area (Å²) in [4.78, 5) is 20.5. The minimum absolute atomic E-state index is 0.195. The molecule has 0 bridgehead atoms. The van der Waals surface area contributed by atoms with Gasteiger partial charge < -0.3 is 14.5 Å². The zero-order valence-corrected chi connectivity index (χ0v) is 14.2. The fraction of sp³-hybridized carbons (Fsp3) is 0.235. The van der Waals surface area contributed by atoms with Crippen LogP contribution in [0.4, 0.5) is 5.82 Å². The molecule has 0 atom stereocenters. The standard InChI is InChI=1S/C17H17N3O3S/c1-3-18-15-12-6-4-5-7-13(12)19-17(20-15)24-10-11-8-9-14(23-11)16(21)22-2/h4-9H,3,10H2,1-2H3,(H,18,19,20). The number of para-hydroxylation sites is 1. The van der Waals surface area contributed by atoms with Crippen LogP contribution in [0.25, 0.3) is 10.9 Å². The number of aromatic nitrogens is 2. The number of benzene rings is 1. The van der Waals surface area contributed by atoms with E-state index in [1.807, 2.05) is 31.2 Å². The normalized spacial score (nSPS) is 10.8. The number of rotatable bonds is 6. The Morgan fingerprint density at radius 3 is 2.88 bits per heavy atom. The zero-order valence-electron chi connectivity index (χ0n) is 13.4. The summed E-state index contributed by atoms with van der Waals surface area (Å²) in [6.45, 7) is 2.81. The Hall–Kier alpha value is -2.54. The molecule has 1 N–H and O–H groups in total. The summed E-state index contributed by atoms with van der Waals surface area (Å²) in [7, 11) is 1.32. The quantitative estimate of drug-likeness (QED) is 0.415. The second kappa shape index (κ2) is 7.35. The molecule has 0 saturated heterocycles. The molecule has 0 aliphatic heterocycles. The maximum absolute atomic E-state index is 11.4. The van der Waals surface area contributed by atoms with Crippen LogP contribution in [0.2, 0.25) is 0 Å². The van der Waals surface area contributed by atoms with Crippen molar-refractivity contribution in [2.24, 2.45) is 0 Å². The van der Waals surface area contributed by atoms with Gasteiger partial charge in [0.2, 0.25) is 5.76 Å². The first kappa shape index (κ1) is 16.3. The minimum atomic E-state index is -0.484. The second-order valence-corrected chi connectivity index (χ2v) is 5.89. The second-order valence-electron chi connectivity index (χ2n) is 4.95. The van der Waals surface area contributed by atoms with Gasteiger partial charge in [0.05, 0.1) is 18.4 Å². The van der Waals surface area contributed by atoms with Crippen molar-refractivity contribution in [1.29, 1.82) is 0 Å². The van der Waals surface area contributed by atoms with Crippen molar-refractivity contribution >= 4 is 34.5 Å². The molecule has 2 aromatic heterocycles. The number of esters is 1. The number of hydrogen-bond donors (Lipinski definition) is 1. The van der Waals surface area contributed by atoms with Gasteiger partial charge in [-0.3, -0.25) is 0 Å². The van der Waals surface area contributed by atoms with Crippen LogP contribution in [-0.4, -0.2) is 29.6 Å². The van der Waals surface area contributed by atoms with E-state index >= 15 is 0 Å². The molecule has 124 valence electrons. The number of carbonyl (C=O) groups excluding carboxylic acids is 1. The highest BCUT2D eigenvalue weighted by atomic mass is 32.2. The summed E-state index contributed by atoms with van der Waals surface area (Å²) < 4.78 is 10.1. The molecule has 6 nitrogen and oxygen atoms in total. The van der Waals surface area contributed by atoms with Gasteiger partial charge in [0.25, 0.3) is 0 Å². The van der Waals surface area contributed by atoms with Gasteiger partial charge in [-0.25, -0.2) is 14.8 Å². The number of ether oxygens (including phenoxy) is 1. The van der Waals surface area contributed by atoms with E-state index < -0.39 is 5.97 Å². The molecule has 0 unspecified atom stereocenters. The molecular formula is C17H17N3O3S. The van der Waals surface area contributed by atoms with E-state index in [0.717, 1.165) is 23.3 Å². The average molecular weight is 343 g/mol. The number of methoxy groups -OCH3 is 1. The summed E-state index contributed by atoms with van der Waals surface area (Å²) in [5.41, 5.74) is 0.889. The van der Waals surface area contributed by atoms with E-state index in [-0.39, 0.29) is 5.76 Å².